The molecule has 1 atom stereocenters. The number of alkyl halides is 3. The molecule has 12 heteroatoms. The van der Waals surface area contributed by atoms with Crippen molar-refractivity contribution in [2.75, 3.05) is 26.2 Å². The molecule has 0 radical (unpaired) electrons. The summed E-state index contributed by atoms with van der Waals surface area (Å²) in [6, 6.07) is 1.07. The number of amides is 1. The molecule has 2 aliphatic rings. The lowest BCUT2D eigenvalue weighted by Gasteiger charge is -2.29. The second-order valence-corrected chi connectivity index (χ2v) is 7.51. The largest absolute Gasteiger partial charge is 0.435 e. The zero-order valence-electron chi connectivity index (χ0n) is 17.0. The number of rotatable bonds is 2. The lowest BCUT2D eigenvalue weighted by Crippen LogP contribution is -2.44. The number of fused-ring (bicyclic) bond motifs is 1. The van der Waals surface area contributed by atoms with E-state index < -0.39 is 17.4 Å². The fourth-order valence-electron chi connectivity index (χ4n) is 3.99. The van der Waals surface area contributed by atoms with E-state index in [1.165, 1.54) is 4.68 Å². The summed E-state index contributed by atoms with van der Waals surface area (Å²) >= 11 is 0. The highest BCUT2D eigenvalue weighted by molar-refractivity contribution is 5.78. The number of nitrogens with zero attached hydrogens (tertiary/aromatic N) is 5. The van der Waals surface area contributed by atoms with Crippen molar-refractivity contribution in [2.24, 2.45) is 0 Å². The summed E-state index contributed by atoms with van der Waals surface area (Å²) in [5, 5.41) is 11.0. The van der Waals surface area contributed by atoms with Gasteiger partial charge in [-0.25, -0.2) is 4.79 Å². The Bertz CT molecular complexity index is 1030. The summed E-state index contributed by atoms with van der Waals surface area (Å²) in [4.78, 5) is 27.5. The number of hydrogen-bond acceptors (Lipinski definition) is 6. The molecule has 2 aliphatic heterocycles. The highest BCUT2D eigenvalue weighted by Crippen LogP contribution is 2.28. The van der Waals surface area contributed by atoms with Crippen LogP contribution in [0.3, 0.4) is 0 Å². The van der Waals surface area contributed by atoms with E-state index in [1.807, 2.05) is 6.92 Å². The first kappa shape index (κ1) is 21.5. The van der Waals surface area contributed by atoms with Crippen molar-refractivity contribution in [3.63, 3.8) is 0 Å². The molecular weight excluding hydrogens is 417 g/mol. The van der Waals surface area contributed by atoms with Crippen LogP contribution in [-0.2, 0) is 23.9 Å². The topological polar surface area (TPSA) is 94.3 Å². The zero-order chi connectivity index (χ0) is 22.2. The predicted octanol–water partition coefficient (Wildman–Crippen LogP) is 1.56. The Labute approximate surface area is 175 Å². The summed E-state index contributed by atoms with van der Waals surface area (Å²) in [5.74, 6) is -0.111. The summed E-state index contributed by atoms with van der Waals surface area (Å²) in [7, 11) is 0. The molecular formula is C19H23F3N6O3. The van der Waals surface area contributed by atoms with Crippen LogP contribution in [0, 0.1) is 0 Å². The Morgan fingerprint density at radius 2 is 2.10 bits per heavy atom. The van der Waals surface area contributed by atoms with Crippen molar-refractivity contribution >= 4 is 6.03 Å². The maximum Gasteiger partial charge on any atom is 0.435 e. The third-order valence-electron chi connectivity index (χ3n) is 5.61. The van der Waals surface area contributed by atoms with Crippen molar-refractivity contribution < 1.29 is 22.7 Å². The Morgan fingerprint density at radius 3 is 2.84 bits per heavy atom. The van der Waals surface area contributed by atoms with Gasteiger partial charge in [0.2, 0.25) is 0 Å². The van der Waals surface area contributed by atoms with Gasteiger partial charge in [-0.15, -0.1) is 5.10 Å². The van der Waals surface area contributed by atoms with Crippen molar-refractivity contribution in [3.05, 3.63) is 39.4 Å². The van der Waals surface area contributed by atoms with Crippen LogP contribution in [0.15, 0.2) is 16.9 Å². The van der Waals surface area contributed by atoms with Gasteiger partial charge in [0.25, 0.3) is 5.56 Å². The van der Waals surface area contributed by atoms with E-state index in [2.05, 4.69) is 15.5 Å². The SMILES string of the molecule is CCC1CCNCCN1C(=O)n1nc(-n2nc(C(F)(F)F)ccc2=O)c2c1CCOC2. The molecule has 4 rings (SSSR count). The van der Waals surface area contributed by atoms with E-state index in [1.54, 1.807) is 4.90 Å². The normalized spacial score (nSPS) is 19.7. The average molecular weight is 440 g/mol. The van der Waals surface area contributed by atoms with E-state index in [0.717, 1.165) is 25.5 Å². The van der Waals surface area contributed by atoms with E-state index >= 15 is 0 Å². The summed E-state index contributed by atoms with van der Waals surface area (Å²) in [6.45, 7) is 4.29. The minimum absolute atomic E-state index is 0.0139. The molecule has 0 saturated carbocycles. The number of halogens is 3. The van der Waals surface area contributed by atoms with Gasteiger partial charge in [0.15, 0.2) is 11.5 Å². The molecule has 31 heavy (non-hydrogen) atoms. The standard InChI is InChI=1S/C19H23F3N6O3/c1-2-12-5-7-23-8-9-26(12)18(30)27-14-6-10-31-11-13(14)17(25-27)28-16(29)4-3-15(24-28)19(20,21)22/h3-4,12,23H,2,5-11H2,1H3. The Kier molecular flexibility index (Phi) is 5.84. The van der Waals surface area contributed by atoms with Crippen LogP contribution < -0.4 is 10.9 Å². The van der Waals surface area contributed by atoms with Crippen LogP contribution in [0.4, 0.5) is 18.0 Å². The van der Waals surface area contributed by atoms with Crippen LogP contribution in [0.5, 0.6) is 0 Å². The minimum Gasteiger partial charge on any atom is -0.376 e. The van der Waals surface area contributed by atoms with E-state index in [-0.39, 0.29) is 24.5 Å². The fraction of sp³-hybridized carbons (Fsp3) is 0.579. The molecule has 2 aromatic rings. The summed E-state index contributed by atoms with van der Waals surface area (Å²) in [5.41, 5.74) is -1.06. The second-order valence-electron chi connectivity index (χ2n) is 7.51. The van der Waals surface area contributed by atoms with Gasteiger partial charge in [-0.05, 0) is 25.5 Å². The quantitative estimate of drug-likeness (QED) is 0.762. The summed E-state index contributed by atoms with van der Waals surface area (Å²) < 4.78 is 46.7. The van der Waals surface area contributed by atoms with Crippen molar-refractivity contribution in [3.8, 4) is 5.82 Å². The molecule has 1 fully saturated rings. The van der Waals surface area contributed by atoms with Crippen molar-refractivity contribution in [1.82, 2.24) is 29.8 Å². The monoisotopic (exact) mass is 440 g/mol. The number of ether oxygens (including phenoxy) is 1. The number of carbonyl (C=O) groups excluding carboxylic acids is 1. The van der Waals surface area contributed by atoms with Gasteiger partial charge in [-0.1, -0.05) is 6.92 Å². The van der Waals surface area contributed by atoms with Crippen molar-refractivity contribution in [2.45, 2.75) is 45.0 Å². The average Bonchev–Trinajstić information content (AvgIpc) is 2.96. The van der Waals surface area contributed by atoms with Gasteiger partial charge < -0.3 is 15.0 Å². The Morgan fingerprint density at radius 1 is 1.29 bits per heavy atom. The smallest absolute Gasteiger partial charge is 0.376 e. The van der Waals surface area contributed by atoms with E-state index in [0.29, 0.717) is 48.1 Å². The second kappa shape index (κ2) is 8.42. The molecule has 9 nitrogen and oxygen atoms in total. The molecule has 4 heterocycles. The maximum absolute atomic E-state index is 13.4. The Hall–Kier alpha value is -2.73. The van der Waals surface area contributed by atoms with Gasteiger partial charge in [0, 0.05) is 37.2 Å². The lowest BCUT2D eigenvalue weighted by atomic mass is 10.1. The number of aromatic nitrogens is 4. The number of hydrogen-bond donors (Lipinski definition) is 1. The molecule has 1 N–H and O–H groups in total. The highest BCUT2D eigenvalue weighted by Gasteiger charge is 2.35. The van der Waals surface area contributed by atoms with Gasteiger partial charge in [0.1, 0.15) is 0 Å². The molecule has 0 aromatic carbocycles. The molecule has 1 saturated heterocycles. The lowest BCUT2D eigenvalue weighted by molar-refractivity contribution is -0.142. The fourth-order valence-corrected chi connectivity index (χ4v) is 3.99. The number of carbonyl (C=O) groups is 1. The first-order chi connectivity index (χ1) is 14.8. The minimum atomic E-state index is -4.72. The molecule has 168 valence electrons. The molecule has 0 spiro atoms. The predicted molar refractivity (Wildman–Crippen MR) is 103 cm³/mol. The van der Waals surface area contributed by atoms with Gasteiger partial charge >= 0.3 is 12.2 Å². The Balaban J connectivity index is 1.81. The molecule has 0 aliphatic carbocycles. The van der Waals surface area contributed by atoms with E-state index in [9.17, 15) is 22.8 Å². The summed E-state index contributed by atoms with van der Waals surface area (Å²) in [6.07, 6.45) is -2.82. The van der Waals surface area contributed by atoms with Gasteiger partial charge in [-0.2, -0.15) is 27.6 Å². The van der Waals surface area contributed by atoms with Crippen LogP contribution in [0.25, 0.3) is 5.82 Å². The van der Waals surface area contributed by atoms with Crippen LogP contribution in [0.2, 0.25) is 0 Å². The molecule has 1 amide bonds. The van der Waals surface area contributed by atoms with Crippen LogP contribution in [0.1, 0.15) is 36.7 Å². The third kappa shape index (κ3) is 4.09. The zero-order valence-corrected chi connectivity index (χ0v) is 17.0. The molecule has 1 unspecified atom stereocenters. The van der Waals surface area contributed by atoms with Crippen LogP contribution in [-0.4, -0.2) is 62.8 Å². The van der Waals surface area contributed by atoms with Gasteiger partial charge in [-0.3, -0.25) is 4.79 Å². The first-order valence-electron chi connectivity index (χ1n) is 10.2. The van der Waals surface area contributed by atoms with Crippen molar-refractivity contribution in [1.29, 1.82) is 0 Å². The third-order valence-corrected chi connectivity index (χ3v) is 5.61. The molecule has 0 bridgehead atoms. The maximum atomic E-state index is 13.4. The first-order valence-corrected chi connectivity index (χ1v) is 10.2. The molecule has 2 aromatic heterocycles. The van der Waals surface area contributed by atoms with Crippen LogP contribution >= 0.6 is 0 Å². The van der Waals surface area contributed by atoms with Gasteiger partial charge in [0.05, 0.1) is 18.9 Å². The van der Waals surface area contributed by atoms with E-state index in [4.69, 9.17) is 4.74 Å². The number of nitrogens with one attached hydrogen (secondary N) is 1. The highest BCUT2D eigenvalue weighted by atomic mass is 19.4.